The van der Waals surface area contributed by atoms with E-state index in [4.69, 9.17) is 10.5 Å². The van der Waals surface area contributed by atoms with Gasteiger partial charge >= 0.3 is 0 Å². The number of rotatable bonds is 9. The van der Waals surface area contributed by atoms with Gasteiger partial charge in [0, 0.05) is 19.3 Å². The molecule has 0 aliphatic rings. The van der Waals surface area contributed by atoms with Crippen LogP contribution in [0.5, 0.6) is 5.75 Å². The van der Waals surface area contributed by atoms with E-state index in [1.807, 2.05) is 31.2 Å². The Kier molecular flexibility index (Phi) is 8.23. The largest absolute Gasteiger partial charge is 0.484 e. The fourth-order valence-corrected chi connectivity index (χ4v) is 3.78. The van der Waals surface area contributed by atoms with Crippen molar-refractivity contribution >= 4 is 21.7 Å². The summed E-state index contributed by atoms with van der Waals surface area (Å²) >= 11 is 0. The van der Waals surface area contributed by atoms with Gasteiger partial charge in [-0.25, -0.2) is 13.4 Å². The average molecular weight is 433 g/mol. The SMILES string of the molecule is CCNC(=NCc1cccc(OCC(N)=O)c1)NCc1ccc(S(C)(=O)=O)c(C)c1. The minimum absolute atomic E-state index is 0.172. The van der Waals surface area contributed by atoms with Crippen molar-refractivity contribution in [2.24, 2.45) is 10.7 Å². The Morgan fingerprint density at radius 1 is 1.13 bits per heavy atom. The molecule has 8 nitrogen and oxygen atoms in total. The van der Waals surface area contributed by atoms with Crippen LogP contribution in [-0.4, -0.2) is 39.7 Å². The molecule has 0 saturated carbocycles. The van der Waals surface area contributed by atoms with Crippen molar-refractivity contribution in [3.05, 3.63) is 59.2 Å². The summed E-state index contributed by atoms with van der Waals surface area (Å²) < 4.78 is 28.8. The maximum absolute atomic E-state index is 11.8. The van der Waals surface area contributed by atoms with Gasteiger partial charge in [-0.2, -0.15) is 0 Å². The Hall–Kier alpha value is -3.07. The number of aliphatic imine (C=N–C) groups is 1. The first-order chi connectivity index (χ1) is 14.2. The lowest BCUT2D eigenvalue weighted by Gasteiger charge is -2.13. The van der Waals surface area contributed by atoms with Crippen LogP contribution in [0.4, 0.5) is 0 Å². The summed E-state index contributed by atoms with van der Waals surface area (Å²) in [7, 11) is -3.23. The van der Waals surface area contributed by atoms with E-state index in [0.29, 0.717) is 41.8 Å². The molecule has 0 heterocycles. The number of nitrogens with one attached hydrogen (secondary N) is 2. The van der Waals surface area contributed by atoms with Crippen molar-refractivity contribution in [1.82, 2.24) is 10.6 Å². The summed E-state index contributed by atoms with van der Waals surface area (Å²) in [5.74, 6) is 0.656. The molecule has 2 aromatic carbocycles. The van der Waals surface area contributed by atoms with Crippen molar-refractivity contribution in [1.29, 1.82) is 0 Å². The molecule has 0 atom stereocenters. The van der Waals surface area contributed by atoms with Gasteiger partial charge in [-0.3, -0.25) is 4.79 Å². The second-order valence-corrected chi connectivity index (χ2v) is 8.81. The fraction of sp³-hybridized carbons (Fsp3) is 0.333. The molecule has 0 aliphatic heterocycles. The summed E-state index contributed by atoms with van der Waals surface area (Å²) in [4.78, 5) is 15.8. The molecular formula is C21H28N4O4S. The van der Waals surface area contributed by atoms with E-state index < -0.39 is 15.7 Å². The van der Waals surface area contributed by atoms with Crippen LogP contribution in [0.25, 0.3) is 0 Å². The summed E-state index contributed by atoms with van der Waals surface area (Å²) in [6.45, 7) is 5.19. The number of primary amides is 1. The molecule has 0 unspecified atom stereocenters. The van der Waals surface area contributed by atoms with E-state index in [9.17, 15) is 13.2 Å². The molecule has 0 bridgehead atoms. The molecule has 0 fully saturated rings. The number of aryl methyl sites for hydroxylation is 1. The standard InChI is InChI=1S/C21H28N4O4S/c1-4-23-21(24-12-16-6-5-7-18(11-16)29-14-20(22)26)25-13-17-8-9-19(15(2)10-17)30(3,27)28/h5-11H,4,12-14H2,1-3H3,(H2,22,26)(H2,23,24,25). The highest BCUT2D eigenvalue weighted by atomic mass is 32.2. The van der Waals surface area contributed by atoms with E-state index >= 15 is 0 Å². The fourth-order valence-electron chi connectivity index (χ4n) is 2.82. The highest BCUT2D eigenvalue weighted by Crippen LogP contribution is 2.17. The highest BCUT2D eigenvalue weighted by Gasteiger charge is 2.11. The summed E-state index contributed by atoms with van der Waals surface area (Å²) in [6.07, 6.45) is 1.21. The number of hydrogen-bond donors (Lipinski definition) is 3. The molecule has 4 N–H and O–H groups in total. The van der Waals surface area contributed by atoms with Crippen LogP contribution in [0.2, 0.25) is 0 Å². The third kappa shape index (κ3) is 7.40. The topological polar surface area (TPSA) is 123 Å². The smallest absolute Gasteiger partial charge is 0.255 e. The first kappa shape index (κ1) is 23.2. The number of carbonyl (C=O) groups is 1. The first-order valence-electron chi connectivity index (χ1n) is 9.51. The lowest BCUT2D eigenvalue weighted by atomic mass is 10.1. The molecule has 1 amide bonds. The van der Waals surface area contributed by atoms with Crippen molar-refractivity contribution in [3.8, 4) is 5.75 Å². The second-order valence-electron chi connectivity index (χ2n) is 6.82. The molecule has 0 aliphatic carbocycles. The maximum atomic E-state index is 11.8. The van der Waals surface area contributed by atoms with Crippen molar-refractivity contribution in [3.63, 3.8) is 0 Å². The predicted octanol–water partition coefficient (Wildman–Crippen LogP) is 1.52. The van der Waals surface area contributed by atoms with Gasteiger partial charge in [-0.15, -0.1) is 0 Å². The summed E-state index contributed by atoms with van der Waals surface area (Å²) in [5.41, 5.74) is 7.68. The molecule has 0 spiro atoms. The number of nitrogens with zero attached hydrogens (tertiary/aromatic N) is 1. The van der Waals surface area contributed by atoms with Gasteiger partial charge in [0.25, 0.3) is 5.91 Å². The van der Waals surface area contributed by atoms with E-state index in [2.05, 4.69) is 15.6 Å². The number of hydrogen-bond acceptors (Lipinski definition) is 5. The Balaban J connectivity index is 2.04. The summed E-state index contributed by atoms with van der Waals surface area (Å²) in [6, 6.07) is 12.6. The van der Waals surface area contributed by atoms with Crippen molar-refractivity contribution in [2.45, 2.75) is 31.8 Å². The molecular weight excluding hydrogens is 404 g/mol. The zero-order valence-electron chi connectivity index (χ0n) is 17.4. The van der Waals surface area contributed by atoms with Crippen molar-refractivity contribution in [2.75, 3.05) is 19.4 Å². The molecule has 0 radical (unpaired) electrons. The van der Waals surface area contributed by atoms with Gasteiger partial charge in [-0.1, -0.05) is 24.3 Å². The van der Waals surface area contributed by atoms with Gasteiger partial charge in [0.2, 0.25) is 0 Å². The Labute approximate surface area is 177 Å². The minimum atomic E-state index is -3.23. The van der Waals surface area contributed by atoms with Gasteiger partial charge < -0.3 is 21.1 Å². The zero-order valence-corrected chi connectivity index (χ0v) is 18.3. The highest BCUT2D eigenvalue weighted by molar-refractivity contribution is 7.90. The average Bonchev–Trinajstić information content (AvgIpc) is 2.68. The van der Waals surface area contributed by atoms with Gasteiger partial charge in [0.15, 0.2) is 22.4 Å². The minimum Gasteiger partial charge on any atom is -0.484 e. The number of guanidine groups is 1. The number of carbonyl (C=O) groups excluding carboxylic acids is 1. The monoisotopic (exact) mass is 432 g/mol. The van der Waals surface area contributed by atoms with Gasteiger partial charge in [0.05, 0.1) is 11.4 Å². The Bertz CT molecular complexity index is 1020. The van der Waals surface area contributed by atoms with E-state index in [1.165, 1.54) is 6.26 Å². The van der Waals surface area contributed by atoms with Crippen LogP contribution < -0.4 is 21.1 Å². The van der Waals surface area contributed by atoms with E-state index in [1.54, 1.807) is 25.1 Å². The normalized spacial score (nSPS) is 11.8. The first-order valence-corrected chi connectivity index (χ1v) is 11.4. The molecule has 162 valence electrons. The van der Waals surface area contributed by atoms with Crippen molar-refractivity contribution < 1.29 is 17.9 Å². The molecule has 30 heavy (non-hydrogen) atoms. The van der Waals surface area contributed by atoms with Crippen LogP contribution in [-0.2, 0) is 27.7 Å². The second kappa shape index (κ2) is 10.6. The summed E-state index contributed by atoms with van der Waals surface area (Å²) in [5, 5.41) is 6.42. The van der Waals surface area contributed by atoms with Crippen LogP contribution in [0.1, 0.15) is 23.6 Å². The van der Waals surface area contributed by atoms with Crippen LogP contribution >= 0.6 is 0 Å². The predicted molar refractivity (Wildman–Crippen MR) is 117 cm³/mol. The lowest BCUT2D eigenvalue weighted by Crippen LogP contribution is -2.36. The quantitative estimate of drug-likeness (QED) is 0.408. The number of nitrogens with two attached hydrogens (primary N) is 1. The molecule has 2 aromatic rings. The Morgan fingerprint density at radius 2 is 1.90 bits per heavy atom. The number of amides is 1. The third-order valence-corrected chi connectivity index (χ3v) is 5.40. The third-order valence-electron chi connectivity index (χ3n) is 4.14. The lowest BCUT2D eigenvalue weighted by molar-refractivity contribution is -0.119. The molecule has 0 aromatic heterocycles. The number of sulfone groups is 1. The van der Waals surface area contributed by atoms with Crippen LogP contribution in [0.3, 0.4) is 0 Å². The maximum Gasteiger partial charge on any atom is 0.255 e. The molecule has 9 heteroatoms. The van der Waals surface area contributed by atoms with E-state index in [0.717, 1.165) is 11.1 Å². The molecule has 2 rings (SSSR count). The Morgan fingerprint density at radius 3 is 2.53 bits per heavy atom. The molecule has 0 saturated heterocycles. The van der Waals surface area contributed by atoms with Crippen LogP contribution in [0, 0.1) is 6.92 Å². The number of benzene rings is 2. The zero-order chi connectivity index (χ0) is 22.1. The van der Waals surface area contributed by atoms with Gasteiger partial charge in [-0.05, 0) is 48.7 Å². The number of ether oxygens (including phenoxy) is 1. The van der Waals surface area contributed by atoms with E-state index in [-0.39, 0.29) is 6.61 Å². The van der Waals surface area contributed by atoms with Crippen LogP contribution in [0.15, 0.2) is 52.4 Å². The van der Waals surface area contributed by atoms with Gasteiger partial charge in [0.1, 0.15) is 5.75 Å².